The van der Waals surface area contributed by atoms with Crippen LogP contribution in [0.5, 0.6) is 0 Å². The molecule has 0 unspecified atom stereocenters. The van der Waals surface area contributed by atoms with E-state index in [1.165, 1.54) is 0 Å². The van der Waals surface area contributed by atoms with Gasteiger partial charge in [0.05, 0.1) is 16.9 Å². The van der Waals surface area contributed by atoms with Crippen molar-refractivity contribution in [2.45, 2.75) is 12.6 Å². The van der Waals surface area contributed by atoms with Gasteiger partial charge in [-0.25, -0.2) is 0 Å². The van der Waals surface area contributed by atoms with E-state index in [2.05, 4.69) is 5.32 Å². The summed E-state index contributed by atoms with van der Waals surface area (Å²) in [7, 11) is 0. The number of benzene rings is 1. The van der Waals surface area contributed by atoms with E-state index in [4.69, 9.17) is 11.5 Å². The van der Waals surface area contributed by atoms with Gasteiger partial charge in [0.1, 0.15) is 0 Å². The van der Waals surface area contributed by atoms with Gasteiger partial charge in [-0.1, -0.05) is 0 Å². The molecule has 0 saturated carbocycles. The van der Waals surface area contributed by atoms with Gasteiger partial charge in [-0.2, -0.15) is 13.2 Å². The first-order valence-corrected chi connectivity index (χ1v) is 4.81. The number of amides is 1. The summed E-state index contributed by atoms with van der Waals surface area (Å²) in [6, 6.07) is 2.75. The average Bonchev–Trinajstić information content (AvgIpc) is 2.20. The molecule has 1 amide bonds. The minimum absolute atomic E-state index is 0.0838. The molecule has 7 heteroatoms. The molecule has 0 heterocycles. The Hall–Kier alpha value is -1.76. The number of hydrogen-bond acceptors (Lipinski definition) is 3. The smallest absolute Gasteiger partial charge is 0.397 e. The molecule has 17 heavy (non-hydrogen) atoms. The third-order valence-electron chi connectivity index (χ3n) is 2.02. The zero-order valence-electron chi connectivity index (χ0n) is 8.84. The molecule has 0 atom stereocenters. The highest BCUT2D eigenvalue weighted by molar-refractivity contribution is 5.93. The Bertz CT molecular complexity index is 418. The van der Waals surface area contributed by atoms with Gasteiger partial charge in [-0.3, -0.25) is 4.79 Å². The molecule has 4 nitrogen and oxygen atoms in total. The summed E-state index contributed by atoms with van der Waals surface area (Å²) in [5.41, 5.74) is 9.74. The summed E-state index contributed by atoms with van der Waals surface area (Å²) in [5.74, 6) is -0.390. The van der Waals surface area contributed by atoms with Gasteiger partial charge in [0.15, 0.2) is 0 Å². The second kappa shape index (κ2) is 5.05. The van der Waals surface area contributed by atoms with Crippen LogP contribution in [0.4, 0.5) is 24.5 Å². The van der Waals surface area contributed by atoms with Crippen molar-refractivity contribution in [2.75, 3.05) is 17.6 Å². The molecule has 0 aromatic heterocycles. The van der Waals surface area contributed by atoms with Crippen LogP contribution in [0.15, 0.2) is 18.2 Å². The Kier molecular flexibility index (Phi) is 3.95. The SMILES string of the molecule is NCCC(=O)Nc1ccc(C(F)(F)F)cc1N. The van der Waals surface area contributed by atoms with Gasteiger partial charge < -0.3 is 16.8 Å². The predicted molar refractivity (Wildman–Crippen MR) is 58.2 cm³/mol. The van der Waals surface area contributed by atoms with E-state index in [0.717, 1.165) is 18.2 Å². The molecular weight excluding hydrogens is 235 g/mol. The summed E-state index contributed by atoms with van der Waals surface area (Å²) in [5, 5.41) is 2.38. The lowest BCUT2D eigenvalue weighted by molar-refractivity contribution is -0.137. The average molecular weight is 247 g/mol. The lowest BCUT2D eigenvalue weighted by atomic mass is 10.1. The third-order valence-corrected chi connectivity index (χ3v) is 2.02. The fourth-order valence-corrected chi connectivity index (χ4v) is 1.20. The van der Waals surface area contributed by atoms with Crippen LogP contribution in [0.1, 0.15) is 12.0 Å². The molecule has 0 saturated heterocycles. The quantitative estimate of drug-likeness (QED) is 0.709. The summed E-state index contributed by atoms with van der Waals surface area (Å²) in [6.07, 6.45) is -4.37. The fraction of sp³-hybridized carbons (Fsp3) is 0.300. The molecule has 1 aromatic carbocycles. The van der Waals surface area contributed by atoms with Gasteiger partial charge in [0, 0.05) is 13.0 Å². The van der Waals surface area contributed by atoms with Gasteiger partial charge in [-0.05, 0) is 18.2 Å². The zero-order chi connectivity index (χ0) is 13.1. The van der Waals surface area contributed by atoms with Crippen molar-refractivity contribution >= 4 is 17.3 Å². The topological polar surface area (TPSA) is 81.1 Å². The Morgan fingerprint density at radius 2 is 2.00 bits per heavy atom. The number of nitrogens with two attached hydrogens (primary N) is 2. The predicted octanol–water partition coefficient (Wildman–Crippen LogP) is 1.57. The van der Waals surface area contributed by atoms with E-state index in [0.29, 0.717) is 0 Å². The minimum Gasteiger partial charge on any atom is -0.397 e. The molecule has 5 N–H and O–H groups in total. The molecule has 0 aliphatic carbocycles. The molecule has 0 aliphatic rings. The normalized spacial score (nSPS) is 11.3. The number of nitrogens with one attached hydrogen (secondary N) is 1. The van der Waals surface area contributed by atoms with Crippen molar-refractivity contribution < 1.29 is 18.0 Å². The first-order valence-electron chi connectivity index (χ1n) is 4.81. The van der Waals surface area contributed by atoms with E-state index in [1.54, 1.807) is 0 Å². The molecule has 94 valence electrons. The number of carbonyl (C=O) groups is 1. The lowest BCUT2D eigenvalue weighted by Gasteiger charge is -2.11. The molecule has 0 bridgehead atoms. The van der Waals surface area contributed by atoms with Crippen LogP contribution in [0.2, 0.25) is 0 Å². The van der Waals surface area contributed by atoms with E-state index in [1.807, 2.05) is 0 Å². The second-order valence-corrected chi connectivity index (χ2v) is 3.39. The van der Waals surface area contributed by atoms with Gasteiger partial charge in [0.25, 0.3) is 0 Å². The highest BCUT2D eigenvalue weighted by Gasteiger charge is 2.30. The van der Waals surface area contributed by atoms with Crippen molar-refractivity contribution in [1.29, 1.82) is 0 Å². The van der Waals surface area contributed by atoms with Crippen LogP contribution in [-0.2, 0) is 11.0 Å². The van der Waals surface area contributed by atoms with Crippen molar-refractivity contribution in [3.63, 3.8) is 0 Å². The molecule has 0 fully saturated rings. The van der Waals surface area contributed by atoms with Crippen LogP contribution in [0, 0.1) is 0 Å². The highest BCUT2D eigenvalue weighted by Crippen LogP contribution is 2.32. The van der Waals surface area contributed by atoms with Gasteiger partial charge in [0.2, 0.25) is 5.91 Å². The fourth-order valence-electron chi connectivity index (χ4n) is 1.20. The standard InChI is InChI=1S/C10H12F3N3O/c11-10(12,13)6-1-2-8(7(15)5-6)16-9(17)3-4-14/h1-2,5H,3-4,14-15H2,(H,16,17). The van der Waals surface area contributed by atoms with Crippen molar-refractivity contribution in [3.8, 4) is 0 Å². The monoisotopic (exact) mass is 247 g/mol. The van der Waals surface area contributed by atoms with Crippen molar-refractivity contribution in [3.05, 3.63) is 23.8 Å². The molecule has 0 radical (unpaired) electrons. The Morgan fingerprint density at radius 1 is 1.35 bits per heavy atom. The van der Waals surface area contributed by atoms with Crippen LogP contribution in [0.25, 0.3) is 0 Å². The third kappa shape index (κ3) is 3.63. The summed E-state index contributed by atoms with van der Waals surface area (Å²) < 4.78 is 37.0. The van der Waals surface area contributed by atoms with E-state index < -0.39 is 11.7 Å². The van der Waals surface area contributed by atoms with E-state index in [-0.39, 0.29) is 30.2 Å². The number of rotatable bonds is 3. The number of carbonyl (C=O) groups excluding carboxylic acids is 1. The minimum atomic E-state index is -4.45. The van der Waals surface area contributed by atoms with Gasteiger partial charge in [-0.15, -0.1) is 0 Å². The van der Waals surface area contributed by atoms with Crippen LogP contribution < -0.4 is 16.8 Å². The zero-order valence-corrected chi connectivity index (χ0v) is 8.84. The summed E-state index contributed by atoms with van der Waals surface area (Å²) in [4.78, 5) is 11.2. The maximum Gasteiger partial charge on any atom is 0.416 e. The van der Waals surface area contributed by atoms with Crippen LogP contribution in [-0.4, -0.2) is 12.5 Å². The summed E-state index contributed by atoms with van der Waals surface area (Å²) >= 11 is 0. The summed E-state index contributed by atoms with van der Waals surface area (Å²) in [6.45, 7) is 0.159. The molecular formula is C10H12F3N3O. The first-order chi connectivity index (χ1) is 7.84. The Morgan fingerprint density at radius 3 is 2.47 bits per heavy atom. The van der Waals surface area contributed by atoms with Gasteiger partial charge >= 0.3 is 6.18 Å². The maximum atomic E-state index is 12.3. The number of hydrogen-bond donors (Lipinski definition) is 3. The van der Waals surface area contributed by atoms with E-state index in [9.17, 15) is 18.0 Å². The highest BCUT2D eigenvalue weighted by atomic mass is 19.4. The Labute approximate surface area is 95.8 Å². The largest absolute Gasteiger partial charge is 0.416 e. The Balaban J connectivity index is 2.87. The molecule has 0 aliphatic heterocycles. The molecule has 1 rings (SSSR count). The van der Waals surface area contributed by atoms with Crippen LogP contribution in [0.3, 0.4) is 0 Å². The molecule has 1 aromatic rings. The number of nitrogen functional groups attached to an aromatic ring is 1. The lowest BCUT2D eigenvalue weighted by Crippen LogP contribution is -2.17. The number of halogens is 3. The maximum absolute atomic E-state index is 12.3. The van der Waals surface area contributed by atoms with Crippen LogP contribution >= 0.6 is 0 Å². The molecule has 0 spiro atoms. The van der Waals surface area contributed by atoms with Crippen molar-refractivity contribution in [1.82, 2.24) is 0 Å². The number of alkyl halides is 3. The second-order valence-electron chi connectivity index (χ2n) is 3.39. The number of anilines is 2. The van der Waals surface area contributed by atoms with E-state index >= 15 is 0 Å². The first kappa shape index (κ1) is 13.3. The van der Waals surface area contributed by atoms with Crippen molar-refractivity contribution in [2.24, 2.45) is 5.73 Å².